The van der Waals surface area contributed by atoms with Crippen molar-refractivity contribution in [3.05, 3.63) is 128 Å². The summed E-state index contributed by atoms with van der Waals surface area (Å²) >= 11 is 6.74. The van der Waals surface area contributed by atoms with Crippen LogP contribution in [0.25, 0.3) is 49.6 Å². The third-order valence-electron chi connectivity index (χ3n) is 7.22. The lowest BCUT2D eigenvalue weighted by atomic mass is 9.90. The molecule has 0 bridgehead atoms. The summed E-state index contributed by atoms with van der Waals surface area (Å²) in [6.45, 7) is 0.434. The van der Waals surface area contributed by atoms with Crippen molar-refractivity contribution in [2.24, 2.45) is 0 Å². The summed E-state index contributed by atoms with van der Waals surface area (Å²) in [5, 5.41) is 5.33. The molecule has 0 radical (unpaired) electrons. The summed E-state index contributed by atoms with van der Waals surface area (Å²) in [4.78, 5) is 46.3. The molecule has 6 aromatic rings. The molecule has 1 aliphatic rings. The number of halogens is 1. The zero-order valence-electron chi connectivity index (χ0n) is 20.4. The molecule has 4 aromatic carbocycles. The van der Waals surface area contributed by atoms with Gasteiger partial charge in [-0.1, -0.05) is 66.2 Å². The van der Waals surface area contributed by atoms with E-state index in [-0.39, 0.29) is 5.91 Å². The van der Waals surface area contributed by atoms with Gasteiger partial charge in [0.05, 0.1) is 22.8 Å². The monoisotopic (exact) mass is 530 g/mol. The largest absolute Gasteiger partial charge is 0.348 e. The Morgan fingerprint density at radius 3 is 2.49 bits per heavy atom. The number of aromatic nitrogens is 3. The first-order valence-electron chi connectivity index (χ1n) is 12.3. The standard InChI is InChI=1S/C31H19ClN4O3/c32-25-10-4-8-21(20-7-3-9-22-24(20)15-34-29(22)37)28(25)17-11-12-23-26(13-17)35-31(39)36(30(23)38)27-16-33-14-18-5-1-2-6-19(18)27/h1-14,16H,15H2,(H,34,37)(H,35,39). The van der Waals surface area contributed by atoms with Gasteiger partial charge in [0.2, 0.25) is 0 Å². The van der Waals surface area contributed by atoms with Gasteiger partial charge in [-0.3, -0.25) is 14.6 Å². The fourth-order valence-corrected chi connectivity index (χ4v) is 5.70. The molecule has 0 fully saturated rings. The molecule has 7 rings (SSSR count). The fraction of sp³-hybridized carbons (Fsp3) is 0.0323. The number of benzene rings is 4. The van der Waals surface area contributed by atoms with Crippen molar-refractivity contribution < 1.29 is 4.79 Å². The van der Waals surface area contributed by atoms with E-state index < -0.39 is 11.2 Å². The number of aromatic amines is 1. The third kappa shape index (κ3) is 3.59. The summed E-state index contributed by atoms with van der Waals surface area (Å²) in [6, 6.07) is 24.0. The normalized spacial score (nSPS) is 12.6. The van der Waals surface area contributed by atoms with Gasteiger partial charge in [0.25, 0.3) is 11.5 Å². The van der Waals surface area contributed by atoms with Gasteiger partial charge < -0.3 is 10.3 Å². The Morgan fingerprint density at radius 1 is 0.795 bits per heavy atom. The van der Waals surface area contributed by atoms with Crippen LogP contribution in [0.15, 0.2) is 101 Å². The maximum atomic E-state index is 13.6. The quantitative estimate of drug-likeness (QED) is 0.317. The molecule has 188 valence electrons. The average molecular weight is 531 g/mol. The van der Waals surface area contributed by atoms with E-state index in [4.69, 9.17) is 11.6 Å². The summed E-state index contributed by atoms with van der Waals surface area (Å²) in [7, 11) is 0. The van der Waals surface area contributed by atoms with Crippen LogP contribution in [0.5, 0.6) is 0 Å². The lowest BCUT2D eigenvalue weighted by Gasteiger charge is -2.15. The summed E-state index contributed by atoms with van der Waals surface area (Å²) < 4.78 is 1.12. The van der Waals surface area contributed by atoms with E-state index >= 15 is 0 Å². The molecular weight excluding hydrogens is 512 g/mol. The van der Waals surface area contributed by atoms with Crippen LogP contribution in [0.2, 0.25) is 5.02 Å². The number of nitrogens with one attached hydrogen (secondary N) is 2. The van der Waals surface area contributed by atoms with Crippen LogP contribution < -0.4 is 16.6 Å². The molecule has 0 saturated heterocycles. The average Bonchev–Trinajstić information content (AvgIpc) is 3.33. The molecular formula is C31H19ClN4O3. The fourth-order valence-electron chi connectivity index (χ4n) is 5.42. The highest BCUT2D eigenvalue weighted by molar-refractivity contribution is 6.34. The van der Waals surface area contributed by atoms with Crippen LogP contribution in [0.3, 0.4) is 0 Å². The van der Waals surface area contributed by atoms with Crippen molar-refractivity contribution in [2.45, 2.75) is 6.54 Å². The Bertz CT molecular complexity index is 2110. The highest BCUT2D eigenvalue weighted by Crippen LogP contribution is 2.40. The van der Waals surface area contributed by atoms with Gasteiger partial charge in [-0.15, -0.1) is 0 Å². The molecule has 1 aliphatic heterocycles. The molecule has 0 saturated carbocycles. The number of fused-ring (bicyclic) bond motifs is 3. The van der Waals surface area contributed by atoms with Gasteiger partial charge >= 0.3 is 5.69 Å². The number of hydrogen-bond donors (Lipinski definition) is 2. The molecule has 2 N–H and O–H groups in total. The van der Waals surface area contributed by atoms with E-state index in [1.54, 1.807) is 24.4 Å². The second-order valence-corrected chi connectivity index (χ2v) is 9.79. The van der Waals surface area contributed by atoms with Crippen molar-refractivity contribution >= 4 is 39.2 Å². The van der Waals surface area contributed by atoms with Crippen LogP contribution in [0, 0.1) is 0 Å². The number of pyridine rings is 1. The van der Waals surface area contributed by atoms with E-state index in [2.05, 4.69) is 15.3 Å². The Hall–Kier alpha value is -5.01. The molecule has 0 atom stereocenters. The summed E-state index contributed by atoms with van der Waals surface area (Å²) in [5.41, 5.74) is 4.60. The predicted octanol–water partition coefficient (Wildman–Crippen LogP) is 5.46. The molecule has 39 heavy (non-hydrogen) atoms. The second-order valence-electron chi connectivity index (χ2n) is 9.39. The van der Waals surface area contributed by atoms with Crippen LogP contribution in [-0.4, -0.2) is 20.4 Å². The van der Waals surface area contributed by atoms with Gasteiger partial charge in [-0.25, -0.2) is 9.36 Å². The molecule has 2 aromatic heterocycles. The van der Waals surface area contributed by atoms with Crippen molar-refractivity contribution in [3.8, 4) is 27.9 Å². The van der Waals surface area contributed by atoms with Crippen molar-refractivity contribution in [1.82, 2.24) is 19.9 Å². The topological polar surface area (TPSA) is 96.8 Å². The van der Waals surface area contributed by atoms with Crippen molar-refractivity contribution in [3.63, 3.8) is 0 Å². The Kier molecular flexibility index (Phi) is 5.21. The third-order valence-corrected chi connectivity index (χ3v) is 7.54. The van der Waals surface area contributed by atoms with Gasteiger partial charge in [0.15, 0.2) is 0 Å². The number of nitrogens with zero attached hydrogens (tertiary/aromatic N) is 2. The second kappa shape index (κ2) is 8.79. The number of hydrogen-bond acceptors (Lipinski definition) is 4. The van der Waals surface area contributed by atoms with Crippen LogP contribution >= 0.6 is 11.6 Å². The van der Waals surface area contributed by atoms with Crippen molar-refractivity contribution in [2.75, 3.05) is 0 Å². The number of rotatable bonds is 3. The minimum Gasteiger partial charge on any atom is -0.348 e. The lowest BCUT2D eigenvalue weighted by molar-refractivity contribution is 0.0965. The minimum absolute atomic E-state index is 0.101. The highest BCUT2D eigenvalue weighted by atomic mass is 35.5. The van der Waals surface area contributed by atoms with E-state index in [9.17, 15) is 14.4 Å². The molecule has 8 heteroatoms. The Balaban J connectivity index is 1.43. The molecule has 3 heterocycles. The van der Waals surface area contributed by atoms with Crippen LogP contribution in [-0.2, 0) is 6.54 Å². The van der Waals surface area contributed by atoms with E-state index in [1.165, 1.54) is 6.20 Å². The molecule has 7 nitrogen and oxygen atoms in total. The molecule has 0 spiro atoms. The van der Waals surface area contributed by atoms with Gasteiger partial charge in [-0.2, -0.15) is 0 Å². The van der Waals surface area contributed by atoms with E-state index in [0.717, 1.165) is 43.2 Å². The van der Waals surface area contributed by atoms with Crippen molar-refractivity contribution in [1.29, 1.82) is 0 Å². The zero-order valence-corrected chi connectivity index (χ0v) is 21.1. The SMILES string of the molecule is O=C1NCc2c1cccc2-c1cccc(Cl)c1-c1ccc2c(=O)n(-c3cncc4ccccc34)c(=O)[nH]c2c1. The molecule has 0 unspecified atom stereocenters. The first kappa shape index (κ1) is 23.1. The maximum absolute atomic E-state index is 13.6. The van der Waals surface area contributed by atoms with Crippen LogP contribution in [0.4, 0.5) is 0 Å². The zero-order chi connectivity index (χ0) is 26.7. The van der Waals surface area contributed by atoms with Gasteiger partial charge in [0.1, 0.15) is 0 Å². The Morgan fingerprint density at radius 2 is 1.59 bits per heavy atom. The number of carbonyl (C=O) groups is 1. The molecule has 1 amide bonds. The predicted molar refractivity (Wildman–Crippen MR) is 153 cm³/mol. The summed E-state index contributed by atoms with van der Waals surface area (Å²) in [6.07, 6.45) is 3.22. The van der Waals surface area contributed by atoms with E-state index in [0.29, 0.717) is 33.7 Å². The minimum atomic E-state index is -0.562. The van der Waals surface area contributed by atoms with Gasteiger partial charge in [-0.05, 0) is 46.5 Å². The number of H-pyrrole nitrogens is 1. The number of carbonyl (C=O) groups excluding carboxylic acids is 1. The number of amides is 1. The van der Waals surface area contributed by atoms with E-state index in [1.807, 2.05) is 60.7 Å². The maximum Gasteiger partial charge on any atom is 0.333 e. The first-order chi connectivity index (χ1) is 19.0. The summed E-state index contributed by atoms with van der Waals surface area (Å²) in [5.74, 6) is -0.101. The highest BCUT2D eigenvalue weighted by Gasteiger charge is 2.24. The lowest BCUT2D eigenvalue weighted by Crippen LogP contribution is -2.33. The Labute approximate surface area is 226 Å². The first-order valence-corrected chi connectivity index (χ1v) is 12.7. The van der Waals surface area contributed by atoms with Gasteiger partial charge in [0, 0.05) is 39.7 Å². The van der Waals surface area contributed by atoms with Crippen LogP contribution in [0.1, 0.15) is 15.9 Å². The smallest absolute Gasteiger partial charge is 0.333 e. The molecule has 0 aliphatic carbocycles.